The Labute approximate surface area is 118 Å². The monoisotopic (exact) mass is 273 g/mol. The standard InChI is InChI=1S/C15H19N3O2/c16-10-12-3-5-14(6-4-12)18-15(19)20-9-7-13-2-1-8-17-11-13/h3-6,13,17H,1-2,7-9,11H2,(H,18,19). The summed E-state index contributed by atoms with van der Waals surface area (Å²) >= 11 is 0. The second-order valence-electron chi connectivity index (χ2n) is 4.95. The molecule has 1 atom stereocenters. The Morgan fingerprint density at radius 3 is 2.90 bits per heavy atom. The average Bonchev–Trinajstić information content (AvgIpc) is 2.49. The topological polar surface area (TPSA) is 74.2 Å². The zero-order valence-corrected chi connectivity index (χ0v) is 11.4. The van der Waals surface area contributed by atoms with Crippen molar-refractivity contribution < 1.29 is 9.53 Å². The maximum atomic E-state index is 11.6. The SMILES string of the molecule is N#Cc1ccc(NC(=O)OCCC2CCCNC2)cc1. The van der Waals surface area contributed by atoms with Crippen LogP contribution in [0.15, 0.2) is 24.3 Å². The molecule has 1 aliphatic rings. The Bertz CT molecular complexity index is 473. The molecule has 1 aliphatic heterocycles. The minimum Gasteiger partial charge on any atom is -0.449 e. The van der Waals surface area contributed by atoms with Gasteiger partial charge in [0, 0.05) is 5.69 Å². The van der Waals surface area contributed by atoms with Gasteiger partial charge in [-0.05, 0) is 62.5 Å². The van der Waals surface area contributed by atoms with E-state index in [1.807, 2.05) is 6.07 Å². The van der Waals surface area contributed by atoms with Crippen LogP contribution in [-0.2, 0) is 4.74 Å². The number of hydrogen-bond acceptors (Lipinski definition) is 4. The summed E-state index contributed by atoms with van der Waals surface area (Å²) in [6.07, 6.45) is 2.85. The van der Waals surface area contributed by atoms with E-state index < -0.39 is 6.09 Å². The van der Waals surface area contributed by atoms with Gasteiger partial charge in [-0.3, -0.25) is 5.32 Å². The minimum absolute atomic E-state index is 0.439. The second kappa shape index (κ2) is 7.51. The molecule has 1 saturated heterocycles. The smallest absolute Gasteiger partial charge is 0.411 e. The highest BCUT2D eigenvalue weighted by Crippen LogP contribution is 2.14. The van der Waals surface area contributed by atoms with Crippen LogP contribution in [0.3, 0.4) is 0 Å². The molecule has 0 aliphatic carbocycles. The molecule has 1 heterocycles. The Hall–Kier alpha value is -2.06. The summed E-state index contributed by atoms with van der Waals surface area (Å²) < 4.78 is 5.16. The number of nitrogens with zero attached hydrogens (tertiary/aromatic N) is 1. The molecule has 1 fully saturated rings. The van der Waals surface area contributed by atoms with E-state index in [9.17, 15) is 4.79 Å². The summed E-state index contributed by atoms with van der Waals surface area (Å²) in [6.45, 7) is 2.55. The molecule has 0 bridgehead atoms. The van der Waals surface area contributed by atoms with Crippen LogP contribution < -0.4 is 10.6 Å². The summed E-state index contributed by atoms with van der Waals surface area (Å²) in [5, 5.41) is 14.7. The van der Waals surface area contributed by atoms with Crippen molar-refractivity contribution >= 4 is 11.8 Å². The summed E-state index contributed by atoms with van der Waals surface area (Å²) in [6, 6.07) is 8.71. The first-order chi connectivity index (χ1) is 9.78. The minimum atomic E-state index is -0.446. The molecule has 20 heavy (non-hydrogen) atoms. The number of rotatable bonds is 4. The normalized spacial score (nSPS) is 18.1. The molecular formula is C15H19N3O2. The van der Waals surface area contributed by atoms with Gasteiger partial charge in [-0.15, -0.1) is 0 Å². The van der Waals surface area contributed by atoms with Crippen molar-refractivity contribution in [3.05, 3.63) is 29.8 Å². The number of nitrogens with one attached hydrogen (secondary N) is 2. The van der Waals surface area contributed by atoms with Crippen LogP contribution in [0.2, 0.25) is 0 Å². The van der Waals surface area contributed by atoms with Gasteiger partial charge in [0.2, 0.25) is 0 Å². The quantitative estimate of drug-likeness (QED) is 0.884. The number of ether oxygens (including phenoxy) is 1. The maximum absolute atomic E-state index is 11.6. The van der Waals surface area contributed by atoms with Crippen molar-refractivity contribution in [1.82, 2.24) is 5.32 Å². The van der Waals surface area contributed by atoms with Gasteiger partial charge in [0.25, 0.3) is 0 Å². The van der Waals surface area contributed by atoms with Gasteiger partial charge < -0.3 is 10.1 Å². The van der Waals surface area contributed by atoms with Crippen LogP contribution >= 0.6 is 0 Å². The van der Waals surface area contributed by atoms with Crippen molar-refractivity contribution in [2.45, 2.75) is 19.3 Å². The van der Waals surface area contributed by atoms with Crippen LogP contribution in [0.4, 0.5) is 10.5 Å². The molecular weight excluding hydrogens is 254 g/mol. The molecule has 0 saturated carbocycles. The summed E-state index contributed by atoms with van der Waals surface area (Å²) in [5.74, 6) is 0.603. The third-order valence-corrected chi connectivity index (χ3v) is 3.42. The fourth-order valence-corrected chi connectivity index (χ4v) is 2.27. The lowest BCUT2D eigenvalue weighted by Gasteiger charge is -2.22. The predicted octanol–water partition coefficient (Wildman–Crippen LogP) is 2.50. The second-order valence-corrected chi connectivity index (χ2v) is 4.95. The number of carbonyl (C=O) groups is 1. The fraction of sp³-hybridized carbons (Fsp3) is 0.467. The number of anilines is 1. The van der Waals surface area contributed by atoms with E-state index in [1.165, 1.54) is 12.8 Å². The Morgan fingerprint density at radius 2 is 2.25 bits per heavy atom. The Balaban J connectivity index is 1.68. The lowest BCUT2D eigenvalue weighted by atomic mass is 9.97. The van der Waals surface area contributed by atoms with Crippen LogP contribution in [0, 0.1) is 17.2 Å². The molecule has 5 heteroatoms. The Kier molecular flexibility index (Phi) is 5.39. The summed E-state index contributed by atoms with van der Waals surface area (Å²) in [4.78, 5) is 11.6. The summed E-state index contributed by atoms with van der Waals surface area (Å²) in [7, 11) is 0. The van der Waals surface area contributed by atoms with Crippen LogP contribution in [0.1, 0.15) is 24.8 Å². The van der Waals surface area contributed by atoms with Gasteiger partial charge in [0.05, 0.1) is 18.2 Å². The molecule has 1 aromatic carbocycles. The first kappa shape index (κ1) is 14.4. The third kappa shape index (κ3) is 4.56. The first-order valence-electron chi connectivity index (χ1n) is 6.92. The van der Waals surface area contributed by atoms with Gasteiger partial charge in [-0.25, -0.2) is 4.79 Å². The number of carbonyl (C=O) groups excluding carboxylic acids is 1. The zero-order valence-electron chi connectivity index (χ0n) is 11.4. The molecule has 1 aromatic rings. The van der Waals surface area contributed by atoms with E-state index in [4.69, 9.17) is 10.00 Å². The molecule has 1 unspecified atom stereocenters. The van der Waals surface area contributed by atoms with E-state index in [2.05, 4.69) is 10.6 Å². The molecule has 0 spiro atoms. The van der Waals surface area contributed by atoms with Crippen molar-refractivity contribution in [3.8, 4) is 6.07 Å². The summed E-state index contributed by atoms with van der Waals surface area (Å²) in [5.41, 5.74) is 1.20. The third-order valence-electron chi connectivity index (χ3n) is 3.42. The number of benzene rings is 1. The lowest BCUT2D eigenvalue weighted by Crippen LogP contribution is -2.30. The molecule has 2 N–H and O–H groups in total. The van der Waals surface area contributed by atoms with Gasteiger partial charge in [-0.1, -0.05) is 0 Å². The largest absolute Gasteiger partial charge is 0.449 e. The zero-order chi connectivity index (χ0) is 14.2. The van der Waals surface area contributed by atoms with Crippen LogP contribution in [0.25, 0.3) is 0 Å². The highest BCUT2D eigenvalue weighted by Gasteiger charge is 2.13. The Morgan fingerprint density at radius 1 is 1.45 bits per heavy atom. The van der Waals surface area contributed by atoms with Gasteiger partial charge in [-0.2, -0.15) is 5.26 Å². The van der Waals surface area contributed by atoms with E-state index in [0.717, 1.165) is 19.5 Å². The number of nitriles is 1. The van der Waals surface area contributed by atoms with Gasteiger partial charge in [0.15, 0.2) is 0 Å². The highest BCUT2D eigenvalue weighted by molar-refractivity contribution is 5.84. The van der Waals surface area contributed by atoms with Crippen molar-refractivity contribution in [1.29, 1.82) is 5.26 Å². The number of amides is 1. The molecule has 2 rings (SSSR count). The van der Waals surface area contributed by atoms with Crippen molar-refractivity contribution in [2.24, 2.45) is 5.92 Å². The molecule has 0 radical (unpaired) electrons. The van der Waals surface area contributed by atoms with Crippen LogP contribution in [0.5, 0.6) is 0 Å². The number of piperidine rings is 1. The maximum Gasteiger partial charge on any atom is 0.411 e. The molecule has 5 nitrogen and oxygen atoms in total. The lowest BCUT2D eigenvalue weighted by molar-refractivity contribution is 0.150. The van der Waals surface area contributed by atoms with E-state index in [1.54, 1.807) is 24.3 Å². The first-order valence-corrected chi connectivity index (χ1v) is 6.92. The van der Waals surface area contributed by atoms with Crippen molar-refractivity contribution in [2.75, 3.05) is 25.0 Å². The predicted molar refractivity (Wildman–Crippen MR) is 76.3 cm³/mol. The highest BCUT2D eigenvalue weighted by atomic mass is 16.5. The van der Waals surface area contributed by atoms with E-state index >= 15 is 0 Å². The molecule has 0 aromatic heterocycles. The number of hydrogen-bond donors (Lipinski definition) is 2. The average molecular weight is 273 g/mol. The van der Waals surface area contributed by atoms with Crippen molar-refractivity contribution in [3.63, 3.8) is 0 Å². The molecule has 1 amide bonds. The van der Waals surface area contributed by atoms with Gasteiger partial charge in [0.1, 0.15) is 0 Å². The van der Waals surface area contributed by atoms with E-state index in [0.29, 0.717) is 23.8 Å². The molecule has 106 valence electrons. The van der Waals surface area contributed by atoms with Crippen LogP contribution in [-0.4, -0.2) is 25.8 Å². The van der Waals surface area contributed by atoms with Gasteiger partial charge >= 0.3 is 6.09 Å². The fourth-order valence-electron chi connectivity index (χ4n) is 2.27. The van der Waals surface area contributed by atoms with E-state index in [-0.39, 0.29) is 0 Å².